The molecule has 0 fully saturated rings. The Morgan fingerprint density at radius 2 is 1.67 bits per heavy atom. The Bertz CT molecular complexity index is 701. The molecule has 2 rings (SSSR count). The van der Waals surface area contributed by atoms with Crippen LogP contribution in [0.4, 0.5) is 17.1 Å². The maximum Gasteiger partial charge on any atom is 0.303 e. The van der Waals surface area contributed by atoms with Crippen LogP contribution in [0.3, 0.4) is 0 Å². The van der Waals surface area contributed by atoms with Gasteiger partial charge in [0.05, 0.1) is 22.5 Å². The molecule has 21 heavy (non-hydrogen) atoms. The van der Waals surface area contributed by atoms with Crippen molar-refractivity contribution in [3.05, 3.63) is 74.3 Å². The first-order chi connectivity index (χ1) is 10.1. The molecule has 0 N–H and O–H groups in total. The molecule has 0 aromatic heterocycles. The van der Waals surface area contributed by atoms with Gasteiger partial charge in [-0.05, 0) is 11.6 Å². The van der Waals surface area contributed by atoms with E-state index in [2.05, 4.69) is 10.2 Å². The van der Waals surface area contributed by atoms with Gasteiger partial charge in [0.2, 0.25) is 0 Å². The molecule has 0 saturated carbocycles. The molecule has 106 valence electrons. The Kier molecular flexibility index (Phi) is 4.30. The molecule has 0 amide bonds. The summed E-state index contributed by atoms with van der Waals surface area (Å²) in [5.74, 6) is 0. The zero-order chi connectivity index (χ0) is 15.2. The number of hydrogen-bond donors (Lipinski definition) is 0. The Balaban J connectivity index is 2.23. The van der Waals surface area contributed by atoms with Crippen LogP contribution in [0.1, 0.15) is 5.56 Å². The minimum absolute atomic E-state index is 0.0125. The monoisotopic (exact) mass is 286 g/mol. The summed E-state index contributed by atoms with van der Waals surface area (Å²) >= 11 is 0. The van der Waals surface area contributed by atoms with Crippen LogP contribution >= 0.6 is 0 Å². The highest BCUT2D eigenvalue weighted by Crippen LogP contribution is 2.31. The number of nitro groups is 2. The Labute approximate surface area is 119 Å². The lowest BCUT2D eigenvalue weighted by Gasteiger charge is -1.97. The van der Waals surface area contributed by atoms with Crippen LogP contribution in [0.25, 0.3) is 0 Å². The van der Waals surface area contributed by atoms with E-state index in [0.29, 0.717) is 0 Å². The molecule has 8 nitrogen and oxygen atoms in total. The van der Waals surface area contributed by atoms with Gasteiger partial charge >= 0.3 is 5.69 Å². The molecule has 0 unspecified atom stereocenters. The summed E-state index contributed by atoms with van der Waals surface area (Å²) in [4.78, 5) is 20.1. The van der Waals surface area contributed by atoms with Gasteiger partial charge in [-0.15, -0.1) is 5.11 Å². The summed E-state index contributed by atoms with van der Waals surface area (Å²) in [5.41, 5.74) is 0.0945. The van der Waals surface area contributed by atoms with Crippen LogP contribution < -0.4 is 0 Å². The average Bonchev–Trinajstić information content (AvgIpc) is 2.48. The predicted molar refractivity (Wildman–Crippen MR) is 74.4 cm³/mol. The van der Waals surface area contributed by atoms with E-state index in [9.17, 15) is 20.2 Å². The summed E-state index contributed by atoms with van der Waals surface area (Å²) in [5, 5.41) is 29.2. The van der Waals surface area contributed by atoms with Gasteiger partial charge in [-0.1, -0.05) is 30.3 Å². The number of nitro benzene ring substituents is 2. The van der Waals surface area contributed by atoms with Crippen LogP contribution in [-0.4, -0.2) is 9.85 Å². The van der Waals surface area contributed by atoms with Gasteiger partial charge in [0.25, 0.3) is 5.69 Å². The van der Waals surface area contributed by atoms with Crippen molar-refractivity contribution >= 4 is 17.1 Å². The van der Waals surface area contributed by atoms with E-state index < -0.39 is 15.5 Å². The first kappa shape index (κ1) is 14.3. The molecule has 0 aliphatic carbocycles. The van der Waals surface area contributed by atoms with Crippen molar-refractivity contribution in [3.63, 3.8) is 0 Å². The third kappa shape index (κ3) is 3.66. The average molecular weight is 286 g/mol. The minimum Gasteiger partial charge on any atom is -0.258 e. The third-order valence-corrected chi connectivity index (χ3v) is 2.64. The van der Waals surface area contributed by atoms with E-state index >= 15 is 0 Å². The van der Waals surface area contributed by atoms with Crippen molar-refractivity contribution in [2.24, 2.45) is 10.2 Å². The number of non-ortho nitro benzene ring substituents is 1. The van der Waals surface area contributed by atoms with Crippen LogP contribution in [0, 0.1) is 20.2 Å². The summed E-state index contributed by atoms with van der Waals surface area (Å²) in [6, 6.07) is 12.5. The summed E-state index contributed by atoms with van der Waals surface area (Å²) in [6.07, 6.45) is 0. The van der Waals surface area contributed by atoms with Gasteiger partial charge in [-0.2, -0.15) is 5.11 Å². The topological polar surface area (TPSA) is 111 Å². The first-order valence-corrected chi connectivity index (χ1v) is 5.92. The fraction of sp³-hybridized carbons (Fsp3) is 0.0769. The summed E-state index contributed by atoms with van der Waals surface area (Å²) in [6.45, 7) is 0.273. The van der Waals surface area contributed by atoms with Gasteiger partial charge in [0, 0.05) is 6.07 Å². The molecular weight excluding hydrogens is 276 g/mol. The van der Waals surface area contributed by atoms with Crippen molar-refractivity contribution in [1.82, 2.24) is 0 Å². The summed E-state index contributed by atoms with van der Waals surface area (Å²) < 4.78 is 0. The lowest BCUT2D eigenvalue weighted by Crippen LogP contribution is -1.92. The van der Waals surface area contributed by atoms with E-state index in [1.165, 1.54) is 6.07 Å². The van der Waals surface area contributed by atoms with Crippen molar-refractivity contribution in [2.75, 3.05) is 0 Å². The SMILES string of the molecule is O=[N+]([O-])c1ccc(N=NCc2ccccc2)c([N+](=O)[O-])c1. The molecule has 0 saturated heterocycles. The van der Waals surface area contributed by atoms with Crippen molar-refractivity contribution < 1.29 is 9.85 Å². The molecule has 2 aromatic rings. The number of nitrogens with zero attached hydrogens (tertiary/aromatic N) is 4. The molecule has 0 radical (unpaired) electrons. The smallest absolute Gasteiger partial charge is 0.258 e. The molecule has 2 aromatic carbocycles. The molecule has 8 heteroatoms. The zero-order valence-electron chi connectivity index (χ0n) is 10.7. The minimum atomic E-state index is -0.718. The quantitative estimate of drug-likeness (QED) is 0.472. The molecule has 0 aliphatic rings. The Morgan fingerprint density at radius 1 is 0.952 bits per heavy atom. The third-order valence-electron chi connectivity index (χ3n) is 2.64. The van der Waals surface area contributed by atoms with Gasteiger partial charge in [0.15, 0.2) is 5.69 Å². The Hall–Kier alpha value is -3.16. The number of hydrogen-bond acceptors (Lipinski definition) is 6. The second kappa shape index (κ2) is 6.33. The van der Waals surface area contributed by atoms with Crippen LogP contribution in [-0.2, 0) is 6.54 Å². The highest BCUT2D eigenvalue weighted by molar-refractivity contribution is 5.61. The zero-order valence-corrected chi connectivity index (χ0v) is 10.7. The summed E-state index contributed by atoms with van der Waals surface area (Å²) in [7, 11) is 0. The van der Waals surface area contributed by atoms with Gasteiger partial charge in [-0.3, -0.25) is 20.2 Å². The van der Waals surface area contributed by atoms with Gasteiger partial charge in [-0.25, -0.2) is 0 Å². The maximum absolute atomic E-state index is 10.9. The van der Waals surface area contributed by atoms with Crippen LogP contribution in [0.2, 0.25) is 0 Å². The molecule has 0 aliphatic heterocycles. The van der Waals surface area contributed by atoms with Crippen molar-refractivity contribution in [2.45, 2.75) is 6.54 Å². The number of benzene rings is 2. The largest absolute Gasteiger partial charge is 0.303 e. The van der Waals surface area contributed by atoms with Crippen molar-refractivity contribution in [1.29, 1.82) is 0 Å². The standard InChI is InChI=1S/C13H10N4O4/c18-16(19)11-6-7-12(13(8-11)17(20)21)15-14-9-10-4-2-1-3-5-10/h1-8H,9H2. The predicted octanol–water partition coefficient (Wildman–Crippen LogP) is 3.79. The lowest BCUT2D eigenvalue weighted by atomic mass is 10.2. The highest BCUT2D eigenvalue weighted by atomic mass is 16.6. The first-order valence-electron chi connectivity index (χ1n) is 5.92. The van der Waals surface area contributed by atoms with E-state index in [-0.39, 0.29) is 17.9 Å². The van der Waals surface area contributed by atoms with E-state index in [1.807, 2.05) is 30.3 Å². The van der Waals surface area contributed by atoms with Crippen LogP contribution in [0.15, 0.2) is 58.8 Å². The second-order valence-corrected chi connectivity index (χ2v) is 4.07. The fourth-order valence-corrected chi connectivity index (χ4v) is 1.63. The molecule has 0 bridgehead atoms. The number of rotatable bonds is 5. The highest BCUT2D eigenvalue weighted by Gasteiger charge is 2.19. The van der Waals surface area contributed by atoms with E-state index in [1.54, 1.807) is 0 Å². The van der Waals surface area contributed by atoms with Crippen molar-refractivity contribution in [3.8, 4) is 0 Å². The maximum atomic E-state index is 10.9. The molecule has 0 heterocycles. The molecular formula is C13H10N4O4. The van der Waals surface area contributed by atoms with Crippen LogP contribution in [0.5, 0.6) is 0 Å². The van der Waals surface area contributed by atoms with E-state index in [4.69, 9.17) is 0 Å². The van der Waals surface area contributed by atoms with E-state index in [0.717, 1.165) is 17.7 Å². The lowest BCUT2D eigenvalue weighted by molar-refractivity contribution is -0.393. The number of azo groups is 1. The Morgan fingerprint density at radius 3 is 2.29 bits per heavy atom. The molecule has 0 spiro atoms. The normalized spacial score (nSPS) is 10.7. The second-order valence-electron chi connectivity index (χ2n) is 4.07. The van der Waals surface area contributed by atoms with Gasteiger partial charge < -0.3 is 0 Å². The molecule has 0 atom stereocenters. The fourth-order valence-electron chi connectivity index (χ4n) is 1.63. The van der Waals surface area contributed by atoms with Gasteiger partial charge in [0.1, 0.15) is 0 Å².